The Morgan fingerprint density at radius 1 is 1.20 bits per heavy atom. The predicted molar refractivity (Wildman–Crippen MR) is 93.7 cm³/mol. The highest BCUT2D eigenvalue weighted by Crippen LogP contribution is 2.23. The molecule has 1 aliphatic heterocycles. The standard InChI is InChI=1S/C17H18ClFN4O2/c1-2-23-16(24)6-5-15(20-23)17(25)22-9-7-21(8-10-22)12-3-4-14(19)13(18)11-12/h3-6,11H,2,7-10H2,1H3. The summed E-state index contributed by atoms with van der Waals surface area (Å²) in [5.74, 6) is -0.643. The number of piperazine rings is 1. The normalized spacial score (nSPS) is 14.7. The Balaban J connectivity index is 1.68. The van der Waals surface area contributed by atoms with Crippen LogP contribution in [0.1, 0.15) is 17.4 Å². The number of nitrogens with zero attached hydrogens (tertiary/aromatic N) is 4. The molecule has 0 saturated carbocycles. The molecule has 2 aromatic rings. The monoisotopic (exact) mass is 364 g/mol. The zero-order valence-electron chi connectivity index (χ0n) is 13.8. The van der Waals surface area contributed by atoms with Crippen molar-refractivity contribution in [1.29, 1.82) is 0 Å². The van der Waals surface area contributed by atoms with E-state index in [0.29, 0.717) is 32.7 Å². The Morgan fingerprint density at radius 3 is 2.56 bits per heavy atom. The van der Waals surface area contributed by atoms with E-state index in [9.17, 15) is 14.0 Å². The molecule has 0 bridgehead atoms. The zero-order chi connectivity index (χ0) is 18.0. The molecule has 0 atom stereocenters. The molecule has 2 heterocycles. The zero-order valence-corrected chi connectivity index (χ0v) is 14.5. The topological polar surface area (TPSA) is 58.4 Å². The first-order chi connectivity index (χ1) is 12.0. The predicted octanol–water partition coefficient (Wildman–Crippen LogP) is 2.02. The van der Waals surface area contributed by atoms with Crippen LogP contribution in [0.25, 0.3) is 0 Å². The van der Waals surface area contributed by atoms with Crippen molar-refractivity contribution in [2.24, 2.45) is 0 Å². The first-order valence-corrected chi connectivity index (χ1v) is 8.45. The van der Waals surface area contributed by atoms with Crippen LogP contribution in [-0.2, 0) is 6.54 Å². The number of hydrogen-bond donors (Lipinski definition) is 0. The summed E-state index contributed by atoms with van der Waals surface area (Å²) in [6.45, 7) is 4.47. The number of anilines is 1. The third kappa shape index (κ3) is 3.66. The molecule has 1 aromatic carbocycles. The number of halogens is 2. The van der Waals surface area contributed by atoms with E-state index in [1.54, 1.807) is 24.0 Å². The van der Waals surface area contributed by atoms with Gasteiger partial charge in [0, 0.05) is 44.5 Å². The van der Waals surface area contributed by atoms with Crippen LogP contribution >= 0.6 is 11.6 Å². The van der Waals surface area contributed by atoms with Gasteiger partial charge in [0.05, 0.1) is 5.02 Å². The van der Waals surface area contributed by atoms with E-state index in [1.165, 1.54) is 22.9 Å². The van der Waals surface area contributed by atoms with E-state index in [-0.39, 0.29) is 22.2 Å². The number of aryl methyl sites for hydroxylation is 1. The average Bonchev–Trinajstić information content (AvgIpc) is 2.64. The molecule has 0 aliphatic carbocycles. The van der Waals surface area contributed by atoms with E-state index in [2.05, 4.69) is 10.00 Å². The smallest absolute Gasteiger partial charge is 0.274 e. The number of aromatic nitrogens is 2. The fourth-order valence-corrected chi connectivity index (χ4v) is 2.98. The van der Waals surface area contributed by atoms with Gasteiger partial charge in [-0.2, -0.15) is 5.10 Å². The lowest BCUT2D eigenvalue weighted by atomic mass is 10.2. The van der Waals surface area contributed by atoms with Crippen molar-refractivity contribution < 1.29 is 9.18 Å². The molecule has 0 N–H and O–H groups in total. The number of rotatable bonds is 3. The molecule has 1 aliphatic rings. The maximum Gasteiger partial charge on any atom is 0.274 e. The molecule has 1 fully saturated rings. The van der Waals surface area contributed by atoms with Crippen molar-refractivity contribution in [3.8, 4) is 0 Å². The summed E-state index contributed by atoms with van der Waals surface area (Å²) >= 11 is 5.83. The molecule has 6 nitrogen and oxygen atoms in total. The summed E-state index contributed by atoms with van der Waals surface area (Å²) in [7, 11) is 0. The quantitative estimate of drug-likeness (QED) is 0.836. The van der Waals surface area contributed by atoms with Gasteiger partial charge in [-0.3, -0.25) is 9.59 Å². The number of carbonyl (C=O) groups excluding carboxylic acids is 1. The van der Waals surface area contributed by atoms with E-state index >= 15 is 0 Å². The van der Waals surface area contributed by atoms with Crippen LogP contribution in [0, 0.1) is 5.82 Å². The van der Waals surface area contributed by atoms with Crippen LogP contribution in [0.5, 0.6) is 0 Å². The summed E-state index contributed by atoms with van der Waals surface area (Å²) < 4.78 is 14.5. The van der Waals surface area contributed by atoms with Crippen LogP contribution < -0.4 is 10.5 Å². The number of carbonyl (C=O) groups is 1. The van der Waals surface area contributed by atoms with Crippen LogP contribution in [0.4, 0.5) is 10.1 Å². The van der Waals surface area contributed by atoms with Gasteiger partial charge in [0.25, 0.3) is 11.5 Å². The van der Waals surface area contributed by atoms with Crippen LogP contribution in [0.2, 0.25) is 5.02 Å². The van der Waals surface area contributed by atoms with Crippen molar-refractivity contribution in [1.82, 2.24) is 14.7 Å². The Bertz CT molecular complexity index is 847. The van der Waals surface area contributed by atoms with Crippen LogP contribution in [-0.4, -0.2) is 46.8 Å². The molecule has 25 heavy (non-hydrogen) atoms. The lowest BCUT2D eigenvalue weighted by Crippen LogP contribution is -2.49. The Kier molecular flexibility index (Phi) is 5.03. The second-order valence-corrected chi connectivity index (χ2v) is 6.16. The van der Waals surface area contributed by atoms with Gasteiger partial charge in [-0.25, -0.2) is 9.07 Å². The summed E-state index contributed by atoms with van der Waals surface area (Å²) in [6.07, 6.45) is 0. The molecule has 1 saturated heterocycles. The summed E-state index contributed by atoms with van der Waals surface area (Å²) in [6, 6.07) is 7.43. The molecule has 1 aromatic heterocycles. The largest absolute Gasteiger partial charge is 0.368 e. The lowest BCUT2D eigenvalue weighted by Gasteiger charge is -2.36. The number of benzene rings is 1. The van der Waals surface area contributed by atoms with Crippen LogP contribution in [0.15, 0.2) is 35.1 Å². The van der Waals surface area contributed by atoms with Crippen LogP contribution in [0.3, 0.4) is 0 Å². The Morgan fingerprint density at radius 2 is 1.92 bits per heavy atom. The van der Waals surface area contributed by atoms with Gasteiger partial charge in [-0.15, -0.1) is 0 Å². The third-order valence-corrected chi connectivity index (χ3v) is 4.51. The van der Waals surface area contributed by atoms with Crippen molar-refractivity contribution in [2.75, 3.05) is 31.1 Å². The fraction of sp³-hybridized carbons (Fsp3) is 0.353. The molecule has 8 heteroatoms. The van der Waals surface area contributed by atoms with Gasteiger partial charge in [0.15, 0.2) is 0 Å². The molecular weight excluding hydrogens is 347 g/mol. The van der Waals surface area contributed by atoms with E-state index < -0.39 is 5.82 Å². The third-order valence-electron chi connectivity index (χ3n) is 4.22. The van der Waals surface area contributed by atoms with E-state index in [0.717, 1.165) is 5.69 Å². The highest BCUT2D eigenvalue weighted by molar-refractivity contribution is 6.31. The maximum absolute atomic E-state index is 13.3. The fourth-order valence-electron chi connectivity index (χ4n) is 2.80. The SMILES string of the molecule is CCn1nc(C(=O)N2CCN(c3ccc(F)c(Cl)c3)CC2)ccc1=O. The number of amides is 1. The van der Waals surface area contributed by atoms with Gasteiger partial charge in [-0.1, -0.05) is 11.6 Å². The molecular formula is C17H18ClFN4O2. The molecule has 132 valence electrons. The minimum Gasteiger partial charge on any atom is -0.368 e. The van der Waals surface area contributed by atoms with E-state index in [4.69, 9.17) is 11.6 Å². The molecule has 1 amide bonds. The number of hydrogen-bond acceptors (Lipinski definition) is 4. The Hall–Kier alpha value is -2.41. The molecule has 3 rings (SSSR count). The summed E-state index contributed by atoms with van der Waals surface area (Å²) in [4.78, 5) is 27.9. The lowest BCUT2D eigenvalue weighted by molar-refractivity contribution is 0.0738. The minimum absolute atomic E-state index is 0.0852. The van der Waals surface area contributed by atoms with Gasteiger partial charge >= 0.3 is 0 Å². The van der Waals surface area contributed by atoms with E-state index in [1.807, 2.05) is 0 Å². The highest BCUT2D eigenvalue weighted by atomic mass is 35.5. The van der Waals surface area contributed by atoms with Gasteiger partial charge < -0.3 is 9.80 Å². The second-order valence-electron chi connectivity index (χ2n) is 5.75. The molecule has 0 spiro atoms. The second kappa shape index (κ2) is 7.23. The van der Waals surface area contributed by atoms with Crippen molar-refractivity contribution >= 4 is 23.2 Å². The first kappa shape index (κ1) is 17.4. The molecule has 0 unspecified atom stereocenters. The summed E-state index contributed by atoms with van der Waals surface area (Å²) in [5, 5.41) is 4.19. The van der Waals surface area contributed by atoms with Crippen molar-refractivity contribution in [3.63, 3.8) is 0 Å². The van der Waals surface area contributed by atoms with Gasteiger partial charge in [0.2, 0.25) is 0 Å². The molecule has 0 radical (unpaired) electrons. The first-order valence-electron chi connectivity index (χ1n) is 8.07. The summed E-state index contributed by atoms with van der Waals surface area (Å²) in [5.41, 5.74) is 0.868. The van der Waals surface area contributed by atoms with Crippen molar-refractivity contribution in [3.05, 3.63) is 57.2 Å². The minimum atomic E-state index is -0.448. The average molecular weight is 365 g/mol. The van der Waals surface area contributed by atoms with Gasteiger partial charge in [0.1, 0.15) is 11.5 Å². The Labute approximate surface area is 149 Å². The maximum atomic E-state index is 13.3. The van der Waals surface area contributed by atoms with Crippen molar-refractivity contribution in [2.45, 2.75) is 13.5 Å². The highest BCUT2D eigenvalue weighted by Gasteiger charge is 2.24. The van der Waals surface area contributed by atoms with Gasteiger partial charge in [-0.05, 0) is 31.2 Å².